The molecule has 1 aliphatic carbocycles. The summed E-state index contributed by atoms with van der Waals surface area (Å²) in [5.74, 6) is 1.15. The summed E-state index contributed by atoms with van der Waals surface area (Å²) in [6.45, 7) is 3.00. The monoisotopic (exact) mass is 364 g/mol. The molecule has 1 unspecified atom stereocenters. The SMILES string of the molecule is CN=C(NCCC(=O)N(C)C)NC(C)c1ccc(OCC2CC2)c(F)c1. The lowest BCUT2D eigenvalue weighted by Gasteiger charge is -2.19. The van der Waals surface area contributed by atoms with E-state index >= 15 is 0 Å². The number of carbonyl (C=O) groups is 1. The number of hydrogen-bond acceptors (Lipinski definition) is 3. The molecule has 0 heterocycles. The van der Waals surface area contributed by atoms with Gasteiger partial charge in [-0.3, -0.25) is 9.79 Å². The van der Waals surface area contributed by atoms with Crippen molar-refractivity contribution in [3.8, 4) is 5.75 Å². The first-order valence-corrected chi connectivity index (χ1v) is 9.00. The van der Waals surface area contributed by atoms with Crippen molar-refractivity contribution in [2.24, 2.45) is 10.9 Å². The highest BCUT2D eigenvalue weighted by Crippen LogP contribution is 2.30. The van der Waals surface area contributed by atoms with Crippen LogP contribution in [0.2, 0.25) is 0 Å². The molecule has 2 rings (SSSR count). The van der Waals surface area contributed by atoms with Crippen molar-refractivity contribution in [3.05, 3.63) is 29.6 Å². The molecule has 0 aliphatic heterocycles. The van der Waals surface area contributed by atoms with Gasteiger partial charge >= 0.3 is 0 Å². The first kappa shape index (κ1) is 20.0. The number of rotatable bonds is 8. The molecule has 1 fully saturated rings. The molecule has 6 nitrogen and oxygen atoms in total. The summed E-state index contributed by atoms with van der Waals surface area (Å²) in [5.41, 5.74) is 0.800. The van der Waals surface area contributed by atoms with Crippen molar-refractivity contribution in [2.45, 2.75) is 32.2 Å². The molecule has 1 aromatic carbocycles. The van der Waals surface area contributed by atoms with E-state index in [9.17, 15) is 9.18 Å². The molecule has 0 spiro atoms. The third-order valence-electron chi connectivity index (χ3n) is 4.33. The molecule has 1 amide bonds. The highest BCUT2D eigenvalue weighted by Gasteiger charge is 2.22. The number of guanidine groups is 1. The zero-order valence-electron chi connectivity index (χ0n) is 16.0. The number of ether oxygens (including phenoxy) is 1. The van der Waals surface area contributed by atoms with Gasteiger partial charge in [-0.25, -0.2) is 4.39 Å². The van der Waals surface area contributed by atoms with Gasteiger partial charge in [0.05, 0.1) is 12.6 Å². The van der Waals surface area contributed by atoms with E-state index in [1.54, 1.807) is 32.1 Å². The molecular weight excluding hydrogens is 335 g/mol. The van der Waals surface area contributed by atoms with Gasteiger partial charge in [0, 0.05) is 34.1 Å². The Morgan fingerprint density at radius 2 is 2.15 bits per heavy atom. The number of amides is 1. The summed E-state index contributed by atoms with van der Waals surface area (Å²) < 4.78 is 19.8. The maximum absolute atomic E-state index is 14.2. The second kappa shape index (κ2) is 9.40. The average Bonchev–Trinajstić information content (AvgIpc) is 3.43. The number of benzene rings is 1. The van der Waals surface area contributed by atoms with Crippen LogP contribution in [0.1, 0.15) is 37.8 Å². The lowest BCUT2D eigenvalue weighted by molar-refractivity contribution is -0.128. The van der Waals surface area contributed by atoms with Crippen molar-refractivity contribution in [2.75, 3.05) is 34.3 Å². The predicted molar refractivity (Wildman–Crippen MR) is 101 cm³/mol. The number of nitrogens with one attached hydrogen (secondary N) is 2. The van der Waals surface area contributed by atoms with Gasteiger partial charge in [0.15, 0.2) is 17.5 Å². The number of halogens is 1. The standard InChI is InChI=1S/C19H29FN4O2/c1-13(23-19(21-2)22-10-9-18(25)24(3)4)15-7-8-17(16(20)11-15)26-12-14-5-6-14/h7-8,11,13-14H,5-6,9-10,12H2,1-4H3,(H2,21,22,23). The van der Waals surface area contributed by atoms with Gasteiger partial charge in [0.25, 0.3) is 0 Å². The van der Waals surface area contributed by atoms with Crippen LogP contribution in [0.25, 0.3) is 0 Å². The number of carbonyl (C=O) groups excluding carboxylic acids is 1. The number of aliphatic imine (C=N–C) groups is 1. The molecular formula is C19H29FN4O2. The lowest BCUT2D eigenvalue weighted by Crippen LogP contribution is -2.40. The Morgan fingerprint density at radius 1 is 1.42 bits per heavy atom. The van der Waals surface area contributed by atoms with Gasteiger partial charge in [-0.15, -0.1) is 0 Å². The van der Waals surface area contributed by atoms with E-state index in [-0.39, 0.29) is 17.8 Å². The minimum atomic E-state index is -0.351. The van der Waals surface area contributed by atoms with E-state index in [2.05, 4.69) is 15.6 Å². The molecule has 26 heavy (non-hydrogen) atoms. The second-order valence-corrected chi connectivity index (χ2v) is 6.85. The summed E-state index contributed by atoms with van der Waals surface area (Å²) >= 11 is 0. The fraction of sp³-hybridized carbons (Fsp3) is 0.579. The van der Waals surface area contributed by atoms with Crippen molar-refractivity contribution >= 4 is 11.9 Å². The molecule has 2 N–H and O–H groups in total. The first-order valence-electron chi connectivity index (χ1n) is 9.00. The highest BCUT2D eigenvalue weighted by atomic mass is 19.1. The summed E-state index contributed by atoms with van der Waals surface area (Å²) in [4.78, 5) is 17.3. The molecule has 1 saturated carbocycles. The third kappa shape index (κ3) is 6.20. The Hall–Kier alpha value is -2.31. The maximum Gasteiger partial charge on any atom is 0.223 e. The molecule has 0 saturated heterocycles. The smallest absolute Gasteiger partial charge is 0.223 e. The lowest BCUT2D eigenvalue weighted by atomic mass is 10.1. The minimum absolute atomic E-state index is 0.0462. The van der Waals surface area contributed by atoms with Crippen molar-refractivity contribution in [1.29, 1.82) is 0 Å². The van der Waals surface area contributed by atoms with Crippen LogP contribution >= 0.6 is 0 Å². The van der Waals surface area contributed by atoms with Crippen LogP contribution in [-0.4, -0.2) is 51.1 Å². The average molecular weight is 364 g/mol. The highest BCUT2D eigenvalue weighted by molar-refractivity contribution is 5.81. The van der Waals surface area contributed by atoms with Gasteiger partial charge in [-0.05, 0) is 43.4 Å². The Kier molecular flexibility index (Phi) is 7.24. The van der Waals surface area contributed by atoms with E-state index in [0.717, 1.165) is 5.56 Å². The van der Waals surface area contributed by atoms with Gasteiger partial charge < -0.3 is 20.3 Å². The summed E-state index contributed by atoms with van der Waals surface area (Å²) in [6, 6.07) is 4.88. The van der Waals surface area contributed by atoms with Crippen molar-refractivity contribution < 1.29 is 13.9 Å². The fourth-order valence-corrected chi connectivity index (χ4v) is 2.39. The molecule has 0 bridgehead atoms. The number of hydrogen-bond donors (Lipinski definition) is 2. The van der Waals surface area contributed by atoms with Crippen LogP contribution in [0, 0.1) is 11.7 Å². The Labute approximate surface area is 154 Å². The van der Waals surface area contributed by atoms with E-state index < -0.39 is 0 Å². The van der Waals surface area contributed by atoms with Crippen LogP contribution in [0.15, 0.2) is 23.2 Å². The predicted octanol–water partition coefficient (Wildman–Crippen LogP) is 2.32. The second-order valence-electron chi connectivity index (χ2n) is 6.85. The molecule has 144 valence electrons. The zero-order valence-corrected chi connectivity index (χ0v) is 16.0. The first-order chi connectivity index (χ1) is 12.4. The molecule has 1 aromatic rings. The fourth-order valence-electron chi connectivity index (χ4n) is 2.39. The topological polar surface area (TPSA) is 66.0 Å². The normalized spacial score (nSPS) is 15.3. The summed E-state index contributed by atoms with van der Waals surface area (Å²) in [6.07, 6.45) is 2.73. The van der Waals surface area contributed by atoms with E-state index in [4.69, 9.17) is 4.74 Å². The van der Waals surface area contributed by atoms with Crippen LogP contribution in [0.3, 0.4) is 0 Å². The zero-order chi connectivity index (χ0) is 19.1. The summed E-state index contributed by atoms with van der Waals surface area (Å²) in [5, 5.41) is 6.29. The quantitative estimate of drug-likeness (QED) is 0.549. The molecule has 0 radical (unpaired) electrons. The minimum Gasteiger partial charge on any atom is -0.490 e. The number of nitrogens with zero attached hydrogens (tertiary/aromatic N) is 2. The van der Waals surface area contributed by atoms with E-state index in [0.29, 0.717) is 37.2 Å². The van der Waals surface area contributed by atoms with Crippen molar-refractivity contribution in [3.63, 3.8) is 0 Å². The molecule has 1 atom stereocenters. The van der Waals surface area contributed by atoms with E-state index in [1.807, 2.05) is 13.0 Å². The van der Waals surface area contributed by atoms with Crippen LogP contribution < -0.4 is 15.4 Å². The van der Waals surface area contributed by atoms with Crippen LogP contribution in [0.5, 0.6) is 5.75 Å². The maximum atomic E-state index is 14.2. The van der Waals surface area contributed by atoms with Gasteiger partial charge in [-0.2, -0.15) is 0 Å². The van der Waals surface area contributed by atoms with Gasteiger partial charge in [0.2, 0.25) is 5.91 Å². The van der Waals surface area contributed by atoms with E-state index in [1.165, 1.54) is 18.9 Å². The summed E-state index contributed by atoms with van der Waals surface area (Å²) in [7, 11) is 5.11. The van der Waals surface area contributed by atoms with Crippen LogP contribution in [0.4, 0.5) is 4.39 Å². The Bertz CT molecular complexity index is 644. The Balaban J connectivity index is 1.85. The molecule has 7 heteroatoms. The molecule has 0 aromatic heterocycles. The Morgan fingerprint density at radius 3 is 2.73 bits per heavy atom. The van der Waals surface area contributed by atoms with Gasteiger partial charge in [-0.1, -0.05) is 6.07 Å². The largest absolute Gasteiger partial charge is 0.490 e. The van der Waals surface area contributed by atoms with Crippen LogP contribution in [-0.2, 0) is 4.79 Å². The van der Waals surface area contributed by atoms with Gasteiger partial charge in [0.1, 0.15) is 0 Å². The van der Waals surface area contributed by atoms with Crippen molar-refractivity contribution in [1.82, 2.24) is 15.5 Å². The molecule has 1 aliphatic rings. The third-order valence-corrected chi connectivity index (χ3v) is 4.33.